The van der Waals surface area contributed by atoms with E-state index in [1.807, 2.05) is 24.3 Å². The van der Waals surface area contributed by atoms with Gasteiger partial charge in [0.2, 0.25) is 11.8 Å². The summed E-state index contributed by atoms with van der Waals surface area (Å²) in [5, 5.41) is 2.84. The second kappa shape index (κ2) is 12.5. The lowest BCUT2D eigenvalue weighted by Crippen LogP contribution is -2.43. The van der Waals surface area contributed by atoms with Crippen LogP contribution in [0.3, 0.4) is 0 Å². The molecule has 10 nitrogen and oxygen atoms in total. The summed E-state index contributed by atoms with van der Waals surface area (Å²) in [4.78, 5) is 49.0. The fourth-order valence-electron chi connectivity index (χ4n) is 6.31. The van der Waals surface area contributed by atoms with E-state index in [9.17, 15) is 14.4 Å². The third-order valence-corrected chi connectivity index (χ3v) is 8.85. The molecule has 44 heavy (non-hydrogen) atoms. The van der Waals surface area contributed by atoms with Gasteiger partial charge in [-0.05, 0) is 61.7 Å². The van der Waals surface area contributed by atoms with Crippen LogP contribution < -0.4 is 25.2 Å². The summed E-state index contributed by atoms with van der Waals surface area (Å²) in [5.41, 5.74) is 4.39. The Labute approximate surface area is 256 Å². The van der Waals surface area contributed by atoms with Crippen LogP contribution in [-0.2, 0) is 16.1 Å². The average Bonchev–Trinajstić information content (AvgIpc) is 3.04. The van der Waals surface area contributed by atoms with E-state index in [-0.39, 0.29) is 23.3 Å². The maximum absolute atomic E-state index is 12.9. The van der Waals surface area contributed by atoms with Gasteiger partial charge in [-0.25, -0.2) is 4.98 Å². The minimum absolute atomic E-state index is 0.188. The van der Waals surface area contributed by atoms with Crippen LogP contribution in [0.1, 0.15) is 42.7 Å². The number of nitrogens with zero attached hydrogens (tertiary/aromatic N) is 3. The van der Waals surface area contributed by atoms with Crippen molar-refractivity contribution in [3.63, 3.8) is 0 Å². The zero-order chi connectivity index (χ0) is 30.8. The molecule has 228 valence electrons. The topological polar surface area (TPSA) is 117 Å². The van der Waals surface area contributed by atoms with Crippen molar-refractivity contribution in [1.29, 1.82) is 0 Å². The SMILES string of the molecule is COc1cc(OC)c2c(=O)[nH]c(-c3ccc(N4CCC(N(C)Cc5ccc(C6CCC(=O)NC6=O)cc5)CC4)cc3)nc2c1. The van der Waals surface area contributed by atoms with Crippen LogP contribution >= 0.6 is 0 Å². The van der Waals surface area contributed by atoms with Crippen molar-refractivity contribution >= 4 is 28.4 Å². The number of carbonyl (C=O) groups excluding carboxylic acids is 2. The fraction of sp³-hybridized carbons (Fsp3) is 0.353. The lowest BCUT2D eigenvalue weighted by atomic mass is 9.90. The van der Waals surface area contributed by atoms with E-state index in [1.54, 1.807) is 19.2 Å². The summed E-state index contributed by atoms with van der Waals surface area (Å²) in [6.45, 7) is 2.74. The second-order valence-electron chi connectivity index (χ2n) is 11.6. The van der Waals surface area contributed by atoms with E-state index in [4.69, 9.17) is 14.5 Å². The summed E-state index contributed by atoms with van der Waals surface area (Å²) >= 11 is 0. The molecule has 0 saturated carbocycles. The van der Waals surface area contributed by atoms with Crippen LogP contribution in [0, 0.1) is 0 Å². The number of benzene rings is 3. The second-order valence-corrected chi connectivity index (χ2v) is 11.6. The number of ether oxygens (including phenoxy) is 2. The Morgan fingerprint density at radius 3 is 2.32 bits per heavy atom. The molecule has 2 aliphatic rings. The molecule has 4 aromatic rings. The van der Waals surface area contributed by atoms with Crippen molar-refractivity contribution in [3.05, 3.63) is 82.1 Å². The van der Waals surface area contributed by atoms with Gasteiger partial charge in [0.25, 0.3) is 5.56 Å². The number of aromatic nitrogens is 2. The number of imide groups is 1. The Morgan fingerprint density at radius 2 is 1.66 bits per heavy atom. The third-order valence-electron chi connectivity index (χ3n) is 8.85. The van der Waals surface area contributed by atoms with Gasteiger partial charge < -0.3 is 19.4 Å². The summed E-state index contributed by atoms with van der Waals surface area (Å²) in [6.07, 6.45) is 3.06. The number of carbonyl (C=O) groups is 2. The number of nitrogens with one attached hydrogen (secondary N) is 2. The molecule has 1 unspecified atom stereocenters. The van der Waals surface area contributed by atoms with Crippen molar-refractivity contribution in [2.75, 3.05) is 39.3 Å². The van der Waals surface area contributed by atoms with Crippen LogP contribution in [0.15, 0.2) is 65.5 Å². The number of amides is 2. The van der Waals surface area contributed by atoms with Gasteiger partial charge in [0.05, 0.1) is 25.7 Å². The first-order chi connectivity index (χ1) is 21.3. The maximum atomic E-state index is 12.9. The van der Waals surface area contributed by atoms with Gasteiger partial charge in [-0.3, -0.25) is 24.6 Å². The maximum Gasteiger partial charge on any atom is 0.262 e. The first-order valence-corrected chi connectivity index (χ1v) is 15.0. The number of aromatic amines is 1. The van der Waals surface area contributed by atoms with Crippen molar-refractivity contribution in [2.45, 2.75) is 44.2 Å². The molecule has 2 amide bonds. The first-order valence-electron chi connectivity index (χ1n) is 15.0. The van der Waals surface area contributed by atoms with Crippen LogP contribution in [0.25, 0.3) is 22.3 Å². The number of H-pyrrole nitrogens is 1. The molecule has 3 aromatic carbocycles. The van der Waals surface area contributed by atoms with E-state index in [1.165, 1.54) is 12.7 Å². The highest BCUT2D eigenvalue weighted by atomic mass is 16.5. The molecule has 2 aliphatic heterocycles. The van der Waals surface area contributed by atoms with Gasteiger partial charge in [-0.1, -0.05) is 24.3 Å². The summed E-state index contributed by atoms with van der Waals surface area (Å²) in [5.74, 6) is 0.853. The van der Waals surface area contributed by atoms with E-state index in [2.05, 4.69) is 51.4 Å². The van der Waals surface area contributed by atoms with Crippen molar-refractivity contribution in [1.82, 2.24) is 20.2 Å². The molecule has 0 bridgehead atoms. The summed E-state index contributed by atoms with van der Waals surface area (Å²) in [7, 11) is 5.26. The number of anilines is 1. The third kappa shape index (κ3) is 6.03. The van der Waals surface area contributed by atoms with Crippen LogP contribution in [-0.4, -0.2) is 67.1 Å². The minimum Gasteiger partial charge on any atom is -0.497 e. The number of hydrogen-bond donors (Lipinski definition) is 2. The van der Waals surface area contributed by atoms with E-state index >= 15 is 0 Å². The number of fused-ring (bicyclic) bond motifs is 1. The highest BCUT2D eigenvalue weighted by molar-refractivity contribution is 6.00. The van der Waals surface area contributed by atoms with Gasteiger partial charge in [0, 0.05) is 55.5 Å². The van der Waals surface area contributed by atoms with Crippen molar-refractivity contribution in [3.8, 4) is 22.9 Å². The molecule has 2 N–H and O–H groups in total. The predicted molar refractivity (Wildman–Crippen MR) is 169 cm³/mol. The van der Waals surface area contributed by atoms with E-state index in [0.29, 0.717) is 47.1 Å². The highest BCUT2D eigenvalue weighted by Crippen LogP contribution is 2.30. The Bertz CT molecular complexity index is 1730. The Kier molecular flexibility index (Phi) is 8.34. The fourth-order valence-corrected chi connectivity index (χ4v) is 6.31. The standard InChI is InChI=1S/C34H37N5O5/c1-38(20-21-4-6-22(7-5-21)27-12-13-30(40)36-33(27)41)24-14-16-39(17-15-24)25-10-8-23(9-11-25)32-35-28-18-26(43-2)19-29(44-3)31(28)34(42)37-32/h4-11,18-19,24,27H,12-17,20H2,1-3H3,(H,35,37,42)(H,36,40,41). The van der Waals surface area contributed by atoms with Gasteiger partial charge >= 0.3 is 0 Å². The summed E-state index contributed by atoms with van der Waals surface area (Å²) < 4.78 is 10.7. The van der Waals surface area contributed by atoms with Gasteiger partial charge in [0.1, 0.15) is 22.7 Å². The number of methoxy groups -OCH3 is 2. The molecule has 2 fully saturated rings. The zero-order valence-corrected chi connectivity index (χ0v) is 25.3. The van der Waals surface area contributed by atoms with Gasteiger partial charge in [-0.15, -0.1) is 0 Å². The molecular formula is C34H37N5O5. The van der Waals surface area contributed by atoms with E-state index < -0.39 is 0 Å². The highest BCUT2D eigenvalue weighted by Gasteiger charge is 2.28. The quantitative estimate of drug-likeness (QED) is 0.291. The van der Waals surface area contributed by atoms with Crippen LogP contribution in [0.2, 0.25) is 0 Å². The number of piperidine rings is 2. The number of hydrogen-bond acceptors (Lipinski definition) is 8. The van der Waals surface area contributed by atoms with Crippen molar-refractivity contribution < 1.29 is 19.1 Å². The zero-order valence-electron chi connectivity index (χ0n) is 25.3. The monoisotopic (exact) mass is 595 g/mol. The molecule has 2 saturated heterocycles. The van der Waals surface area contributed by atoms with Crippen molar-refractivity contribution in [2.24, 2.45) is 0 Å². The molecule has 10 heteroatoms. The molecular weight excluding hydrogens is 558 g/mol. The molecule has 1 atom stereocenters. The van der Waals surface area contributed by atoms with E-state index in [0.717, 1.165) is 49.3 Å². The smallest absolute Gasteiger partial charge is 0.262 e. The molecule has 6 rings (SSSR count). The average molecular weight is 596 g/mol. The first kappa shape index (κ1) is 29.4. The molecule has 0 aliphatic carbocycles. The largest absolute Gasteiger partial charge is 0.497 e. The Morgan fingerprint density at radius 1 is 0.932 bits per heavy atom. The van der Waals surface area contributed by atoms with Gasteiger partial charge in [-0.2, -0.15) is 0 Å². The minimum atomic E-state index is -0.259. The molecule has 0 radical (unpaired) electrons. The lowest BCUT2D eigenvalue weighted by molar-refractivity contribution is -0.134. The number of rotatable bonds is 8. The Hall–Kier alpha value is -4.70. The molecule has 3 heterocycles. The predicted octanol–water partition coefficient (Wildman–Crippen LogP) is 4.23. The Balaban J connectivity index is 1.06. The molecule has 1 aromatic heterocycles. The lowest BCUT2D eigenvalue weighted by Gasteiger charge is -2.38. The summed E-state index contributed by atoms with van der Waals surface area (Å²) in [6, 6.07) is 20.3. The molecule has 0 spiro atoms. The normalized spacial score (nSPS) is 17.6. The van der Waals surface area contributed by atoms with Crippen LogP contribution in [0.5, 0.6) is 11.5 Å². The van der Waals surface area contributed by atoms with Gasteiger partial charge in [0.15, 0.2) is 0 Å². The van der Waals surface area contributed by atoms with Crippen LogP contribution in [0.4, 0.5) is 5.69 Å².